The predicted octanol–water partition coefficient (Wildman–Crippen LogP) is 1.46. The van der Waals surface area contributed by atoms with E-state index < -0.39 is 0 Å². The number of aliphatic hydroxyl groups is 1. The van der Waals surface area contributed by atoms with E-state index in [1.807, 2.05) is 23.1 Å². The molecule has 0 saturated carbocycles. The predicted molar refractivity (Wildman–Crippen MR) is 93.2 cm³/mol. The third kappa shape index (κ3) is 3.31. The standard InChI is InChI=1S/C16H19N7O2/c1-25-16-20-14(18-11-2-3-13-10(8-11)9-17-22-13)19-15(21-16)23-6-4-12(24)5-7-23/h2-3,8-9,12,24H,4-7H2,1H3,(H,17,22)(H,18,19,20,21). The summed E-state index contributed by atoms with van der Waals surface area (Å²) in [5, 5.41) is 20.8. The number of aromatic amines is 1. The molecule has 130 valence electrons. The summed E-state index contributed by atoms with van der Waals surface area (Å²) in [6.07, 6.45) is 2.92. The first-order valence-corrected chi connectivity index (χ1v) is 8.14. The van der Waals surface area contributed by atoms with Gasteiger partial charge in [0, 0.05) is 24.2 Å². The lowest BCUT2D eigenvalue weighted by molar-refractivity contribution is 0.145. The zero-order valence-corrected chi connectivity index (χ0v) is 13.8. The second kappa shape index (κ2) is 6.52. The summed E-state index contributed by atoms with van der Waals surface area (Å²) in [6.45, 7) is 1.41. The minimum atomic E-state index is -0.251. The third-order valence-electron chi connectivity index (χ3n) is 4.23. The highest BCUT2D eigenvalue weighted by molar-refractivity contribution is 5.82. The van der Waals surface area contributed by atoms with E-state index >= 15 is 0 Å². The number of ether oxygens (including phenoxy) is 1. The summed E-state index contributed by atoms with van der Waals surface area (Å²) in [5.41, 5.74) is 1.81. The lowest BCUT2D eigenvalue weighted by atomic mass is 10.1. The molecule has 0 spiro atoms. The number of piperidine rings is 1. The fourth-order valence-corrected chi connectivity index (χ4v) is 2.85. The highest BCUT2D eigenvalue weighted by atomic mass is 16.5. The van der Waals surface area contributed by atoms with E-state index in [-0.39, 0.29) is 12.1 Å². The molecule has 3 aromatic rings. The molecule has 1 saturated heterocycles. The SMILES string of the molecule is COc1nc(Nc2ccc3[nH]ncc3c2)nc(N2CCC(O)CC2)n1. The van der Waals surface area contributed by atoms with E-state index in [1.165, 1.54) is 7.11 Å². The molecule has 2 aromatic heterocycles. The van der Waals surface area contributed by atoms with E-state index in [0.29, 0.717) is 37.8 Å². The topological polar surface area (TPSA) is 112 Å². The normalized spacial score (nSPS) is 15.5. The van der Waals surface area contributed by atoms with E-state index in [2.05, 4.69) is 30.5 Å². The van der Waals surface area contributed by atoms with Crippen molar-refractivity contribution in [3.8, 4) is 6.01 Å². The van der Waals surface area contributed by atoms with Crippen LogP contribution in [-0.4, -0.2) is 56.6 Å². The van der Waals surface area contributed by atoms with Crippen molar-refractivity contribution in [2.45, 2.75) is 18.9 Å². The maximum atomic E-state index is 9.67. The molecule has 0 bridgehead atoms. The van der Waals surface area contributed by atoms with Crippen molar-refractivity contribution in [3.63, 3.8) is 0 Å². The van der Waals surface area contributed by atoms with Crippen LogP contribution in [0.15, 0.2) is 24.4 Å². The number of benzene rings is 1. The minimum absolute atomic E-state index is 0.251. The molecule has 9 heteroatoms. The van der Waals surface area contributed by atoms with Crippen LogP contribution < -0.4 is 15.0 Å². The first-order valence-electron chi connectivity index (χ1n) is 8.14. The maximum absolute atomic E-state index is 9.67. The van der Waals surface area contributed by atoms with Crippen LogP contribution in [0.25, 0.3) is 10.9 Å². The average molecular weight is 341 g/mol. The second-order valence-corrected chi connectivity index (χ2v) is 5.96. The van der Waals surface area contributed by atoms with Crippen molar-refractivity contribution in [2.75, 3.05) is 30.4 Å². The van der Waals surface area contributed by atoms with Gasteiger partial charge < -0.3 is 20.1 Å². The average Bonchev–Trinajstić information content (AvgIpc) is 3.10. The molecular formula is C16H19N7O2. The summed E-state index contributed by atoms with van der Waals surface area (Å²) in [7, 11) is 1.53. The Kier molecular flexibility index (Phi) is 4.06. The zero-order valence-electron chi connectivity index (χ0n) is 13.8. The Morgan fingerprint density at radius 2 is 2.08 bits per heavy atom. The van der Waals surface area contributed by atoms with Gasteiger partial charge in [0.2, 0.25) is 11.9 Å². The molecule has 25 heavy (non-hydrogen) atoms. The fourth-order valence-electron chi connectivity index (χ4n) is 2.85. The summed E-state index contributed by atoms with van der Waals surface area (Å²) in [4.78, 5) is 15.1. The molecule has 4 rings (SSSR count). The molecule has 1 aliphatic rings. The zero-order chi connectivity index (χ0) is 17.2. The Hall–Kier alpha value is -2.94. The van der Waals surface area contributed by atoms with Gasteiger partial charge in [-0.15, -0.1) is 0 Å². The number of hydrogen-bond donors (Lipinski definition) is 3. The maximum Gasteiger partial charge on any atom is 0.322 e. The number of methoxy groups -OCH3 is 1. The number of H-pyrrole nitrogens is 1. The Bertz CT molecular complexity index is 874. The second-order valence-electron chi connectivity index (χ2n) is 5.96. The van der Waals surface area contributed by atoms with Crippen LogP contribution in [0.2, 0.25) is 0 Å². The molecular weight excluding hydrogens is 322 g/mol. The third-order valence-corrected chi connectivity index (χ3v) is 4.23. The van der Waals surface area contributed by atoms with Crippen molar-refractivity contribution in [2.24, 2.45) is 0 Å². The van der Waals surface area contributed by atoms with Gasteiger partial charge in [-0.3, -0.25) is 5.10 Å². The molecule has 0 aliphatic carbocycles. The lowest BCUT2D eigenvalue weighted by Gasteiger charge is -2.29. The van der Waals surface area contributed by atoms with E-state index in [9.17, 15) is 5.11 Å². The molecule has 0 unspecified atom stereocenters. The quantitative estimate of drug-likeness (QED) is 0.654. The number of anilines is 3. The van der Waals surface area contributed by atoms with Crippen LogP contribution >= 0.6 is 0 Å². The van der Waals surface area contributed by atoms with Gasteiger partial charge in [0.25, 0.3) is 0 Å². The first-order chi connectivity index (χ1) is 12.2. The summed E-state index contributed by atoms with van der Waals surface area (Å²) in [6, 6.07) is 6.08. The molecule has 1 aliphatic heterocycles. The monoisotopic (exact) mass is 341 g/mol. The smallest absolute Gasteiger partial charge is 0.322 e. The van der Waals surface area contributed by atoms with Crippen LogP contribution in [0.3, 0.4) is 0 Å². The highest BCUT2D eigenvalue weighted by Crippen LogP contribution is 2.23. The molecule has 1 fully saturated rings. The first kappa shape index (κ1) is 15.6. The van der Waals surface area contributed by atoms with Gasteiger partial charge in [0.1, 0.15) is 0 Å². The van der Waals surface area contributed by atoms with E-state index in [1.54, 1.807) is 6.20 Å². The number of aromatic nitrogens is 5. The number of nitrogens with zero attached hydrogens (tertiary/aromatic N) is 5. The van der Waals surface area contributed by atoms with E-state index in [4.69, 9.17) is 4.74 Å². The van der Waals surface area contributed by atoms with Crippen molar-refractivity contribution in [1.29, 1.82) is 0 Å². The van der Waals surface area contributed by atoms with Gasteiger partial charge in [-0.1, -0.05) is 0 Å². The number of rotatable bonds is 4. The Morgan fingerprint density at radius 1 is 1.24 bits per heavy atom. The largest absolute Gasteiger partial charge is 0.467 e. The summed E-state index contributed by atoms with van der Waals surface area (Å²) >= 11 is 0. The minimum Gasteiger partial charge on any atom is -0.467 e. The van der Waals surface area contributed by atoms with Crippen molar-refractivity contribution >= 4 is 28.5 Å². The molecule has 0 atom stereocenters. The van der Waals surface area contributed by atoms with Gasteiger partial charge in [0.15, 0.2) is 0 Å². The number of hydrogen-bond acceptors (Lipinski definition) is 8. The Labute approximate surface area is 144 Å². The molecule has 3 heterocycles. The Balaban J connectivity index is 1.60. The number of fused-ring (bicyclic) bond motifs is 1. The molecule has 0 amide bonds. The van der Waals surface area contributed by atoms with Crippen molar-refractivity contribution in [1.82, 2.24) is 25.1 Å². The van der Waals surface area contributed by atoms with Crippen molar-refractivity contribution in [3.05, 3.63) is 24.4 Å². The van der Waals surface area contributed by atoms with Gasteiger partial charge in [-0.05, 0) is 31.0 Å². The van der Waals surface area contributed by atoms with Crippen LogP contribution in [0.1, 0.15) is 12.8 Å². The van der Waals surface area contributed by atoms with Gasteiger partial charge in [-0.25, -0.2) is 0 Å². The molecule has 1 aromatic carbocycles. The number of nitrogens with one attached hydrogen (secondary N) is 2. The van der Waals surface area contributed by atoms with Gasteiger partial charge in [0.05, 0.1) is 24.9 Å². The molecule has 3 N–H and O–H groups in total. The van der Waals surface area contributed by atoms with Crippen LogP contribution in [0, 0.1) is 0 Å². The van der Waals surface area contributed by atoms with Crippen LogP contribution in [0.4, 0.5) is 17.6 Å². The van der Waals surface area contributed by atoms with Crippen LogP contribution in [-0.2, 0) is 0 Å². The molecule has 0 radical (unpaired) electrons. The van der Waals surface area contributed by atoms with E-state index in [0.717, 1.165) is 16.6 Å². The number of aliphatic hydroxyl groups excluding tert-OH is 1. The van der Waals surface area contributed by atoms with Gasteiger partial charge >= 0.3 is 6.01 Å². The summed E-state index contributed by atoms with van der Waals surface area (Å²) < 4.78 is 5.21. The highest BCUT2D eigenvalue weighted by Gasteiger charge is 2.21. The fraction of sp³-hybridized carbons (Fsp3) is 0.375. The van der Waals surface area contributed by atoms with Crippen molar-refractivity contribution < 1.29 is 9.84 Å². The molecule has 9 nitrogen and oxygen atoms in total. The lowest BCUT2D eigenvalue weighted by Crippen LogP contribution is -2.37. The van der Waals surface area contributed by atoms with Gasteiger partial charge in [-0.2, -0.15) is 20.1 Å². The Morgan fingerprint density at radius 3 is 2.88 bits per heavy atom. The van der Waals surface area contributed by atoms with Crippen LogP contribution in [0.5, 0.6) is 6.01 Å². The summed E-state index contributed by atoms with van der Waals surface area (Å²) in [5.74, 6) is 0.960.